The summed E-state index contributed by atoms with van der Waals surface area (Å²) in [5.41, 5.74) is 1.78. The number of nitrogens with one attached hydrogen (secondary N) is 1. The monoisotopic (exact) mass is 339 g/mol. The summed E-state index contributed by atoms with van der Waals surface area (Å²) in [4.78, 5) is 30.3. The number of rotatable bonds is 8. The van der Waals surface area contributed by atoms with E-state index in [0.717, 1.165) is 31.7 Å². The van der Waals surface area contributed by atoms with Gasteiger partial charge in [-0.3, -0.25) is 9.59 Å². The molecule has 1 heterocycles. The van der Waals surface area contributed by atoms with Crippen LogP contribution in [0.5, 0.6) is 0 Å². The van der Waals surface area contributed by atoms with Crippen LogP contribution in [0, 0.1) is 0 Å². The fraction of sp³-hybridized carbons (Fsp3) is 0.350. The molecule has 25 heavy (non-hydrogen) atoms. The predicted octanol–water partition coefficient (Wildman–Crippen LogP) is 4.16. The summed E-state index contributed by atoms with van der Waals surface area (Å²) in [5.74, 6) is 0.680. The van der Waals surface area contributed by atoms with Gasteiger partial charge < -0.3 is 10.2 Å². The van der Waals surface area contributed by atoms with Crippen molar-refractivity contribution in [1.29, 1.82) is 0 Å². The highest BCUT2D eigenvalue weighted by Gasteiger charge is 2.10. The van der Waals surface area contributed by atoms with Crippen molar-refractivity contribution in [3.8, 4) is 0 Å². The zero-order valence-corrected chi connectivity index (χ0v) is 15.1. The summed E-state index contributed by atoms with van der Waals surface area (Å²) >= 11 is 0. The molecule has 132 valence electrons. The number of aromatic nitrogens is 1. The third-order valence-corrected chi connectivity index (χ3v) is 3.87. The molecule has 1 N–H and O–H groups in total. The lowest BCUT2D eigenvalue weighted by Crippen LogP contribution is -2.26. The van der Waals surface area contributed by atoms with Gasteiger partial charge in [-0.25, -0.2) is 4.98 Å². The largest absolute Gasteiger partial charge is 0.357 e. The topological polar surface area (TPSA) is 62.3 Å². The van der Waals surface area contributed by atoms with E-state index in [2.05, 4.69) is 29.0 Å². The van der Waals surface area contributed by atoms with Crippen LogP contribution in [0.25, 0.3) is 0 Å². The highest BCUT2D eigenvalue weighted by Crippen LogP contribution is 2.15. The maximum Gasteiger partial charge on any atom is 0.257 e. The first-order valence-corrected chi connectivity index (χ1v) is 8.68. The zero-order valence-electron chi connectivity index (χ0n) is 15.1. The molecule has 1 aromatic heterocycles. The number of amides is 1. The number of nitrogens with zero attached hydrogens (tertiary/aromatic N) is 2. The zero-order chi connectivity index (χ0) is 18.2. The van der Waals surface area contributed by atoms with E-state index in [-0.39, 0.29) is 11.7 Å². The van der Waals surface area contributed by atoms with Crippen LogP contribution in [0.1, 0.15) is 54.3 Å². The molecule has 0 aliphatic carbocycles. The number of ketones is 1. The van der Waals surface area contributed by atoms with Gasteiger partial charge in [-0.15, -0.1) is 0 Å². The lowest BCUT2D eigenvalue weighted by Gasteiger charge is -2.22. The molecular weight excluding hydrogens is 314 g/mol. The van der Waals surface area contributed by atoms with Gasteiger partial charge in [-0.05, 0) is 56.2 Å². The third-order valence-electron chi connectivity index (χ3n) is 3.87. The van der Waals surface area contributed by atoms with E-state index in [4.69, 9.17) is 0 Å². The Morgan fingerprint density at radius 2 is 1.56 bits per heavy atom. The Kier molecular flexibility index (Phi) is 6.69. The molecule has 0 aliphatic heterocycles. The highest BCUT2D eigenvalue weighted by atomic mass is 16.1. The summed E-state index contributed by atoms with van der Waals surface area (Å²) in [6.45, 7) is 7.70. The number of Topliss-reactive ketones (excluding diaryl/α,β-unsaturated/α-hetero) is 1. The second-order valence-corrected chi connectivity index (χ2v) is 5.98. The average molecular weight is 339 g/mol. The summed E-state index contributed by atoms with van der Waals surface area (Å²) < 4.78 is 0. The molecule has 0 unspecified atom stereocenters. The molecule has 2 rings (SSSR count). The molecule has 0 saturated carbocycles. The molecule has 5 heteroatoms. The maximum atomic E-state index is 12.3. The lowest BCUT2D eigenvalue weighted by molar-refractivity contribution is 0.101. The van der Waals surface area contributed by atoms with Gasteiger partial charge in [0.2, 0.25) is 0 Å². The lowest BCUT2D eigenvalue weighted by atomic mass is 10.1. The van der Waals surface area contributed by atoms with Crippen molar-refractivity contribution < 1.29 is 9.59 Å². The third kappa shape index (κ3) is 5.14. The number of hydrogen-bond acceptors (Lipinski definition) is 4. The van der Waals surface area contributed by atoms with Gasteiger partial charge >= 0.3 is 0 Å². The number of carbonyl (C=O) groups is 2. The van der Waals surface area contributed by atoms with Crippen LogP contribution in [0.15, 0.2) is 42.6 Å². The minimum Gasteiger partial charge on any atom is -0.357 e. The number of anilines is 2. The number of hydrogen-bond donors (Lipinski definition) is 1. The van der Waals surface area contributed by atoms with Crippen LogP contribution in [-0.2, 0) is 0 Å². The van der Waals surface area contributed by atoms with Crippen LogP contribution in [0.4, 0.5) is 11.5 Å². The predicted molar refractivity (Wildman–Crippen MR) is 101 cm³/mol. The van der Waals surface area contributed by atoms with Crippen molar-refractivity contribution in [3.63, 3.8) is 0 Å². The Labute approximate surface area is 149 Å². The number of pyridine rings is 1. The van der Waals surface area contributed by atoms with Crippen LogP contribution in [0.3, 0.4) is 0 Å². The van der Waals surface area contributed by atoms with Crippen LogP contribution < -0.4 is 10.2 Å². The number of benzene rings is 1. The van der Waals surface area contributed by atoms with Crippen LogP contribution in [-0.4, -0.2) is 29.8 Å². The SMILES string of the molecule is CCCN(CCC)c1ccc(C(=O)Nc2ccc(C(C)=O)cc2)cn1. The van der Waals surface area contributed by atoms with Gasteiger partial charge in [0, 0.05) is 30.5 Å². The molecule has 5 nitrogen and oxygen atoms in total. The van der Waals surface area contributed by atoms with Crippen LogP contribution in [0.2, 0.25) is 0 Å². The van der Waals surface area contributed by atoms with E-state index in [0.29, 0.717) is 16.8 Å². The Hall–Kier alpha value is -2.69. The van der Waals surface area contributed by atoms with Crippen molar-refractivity contribution in [1.82, 2.24) is 4.98 Å². The molecule has 0 spiro atoms. The second-order valence-electron chi connectivity index (χ2n) is 5.98. The summed E-state index contributed by atoms with van der Waals surface area (Å²) in [6.07, 6.45) is 3.72. The normalized spacial score (nSPS) is 10.4. The average Bonchev–Trinajstić information content (AvgIpc) is 2.62. The van der Waals surface area contributed by atoms with Crippen molar-refractivity contribution in [2.45, 2.75) is 33.6 Å². The molecule has 1 amide bonds. The van der Waals surface area contributed by atoms with Gasteiger partial charge in [0.25, 0.3) is 5.91 Å². The van der Waals surface area contributed by atoms with E-state index >= 15 is 0 Å². The molecule has 2 aromatic rings. The van der Waals surface area contributed by atoms with E-state index in [9.17, 15) is 9.59 Å². The maximum absolute atomic E-state index is 12.3. The minimum absolute atomic E-state index is 0.00128. The Balaban J connectivity index is 2.05. The number of carbonyl (C=O) groups excluding carboxylic acids is 2. The molecule has 0 bridgehead atoms. The molecule has 0 atom stereocenters. The van der Waals surface area contributed by atoms with Gasteiger partial charge in [0.1, 0.15) is 5.82 Å². The summed E-state index contributed by atoms with van der Waals surface area (Å²) in [6, 6.07) is 10.5. The fourth-order valence-electron chi connectivity index (χ4n) is 2.58. The first kappa shape index (κ1) is 18.6. The quantitative estimate of drug-likeness (QED) is 0.734. The highest BCUT2D eigenvalue weighted by molar-refractivity contribution is 6.04. The fourth-order valence-corrected chi connectivity index (χ4v) is 2.58. The van der Waals surface area contributed by atoms with Crippen molar-refractivity contribution in [2.75, 3.05) is 23.3 Å². The Bertz CT molecular complexity index is 703. The second kappa shape index (κ2) is 8.97. The molecule has 0 radical (unpaired) electrons. The first-order chi connectivity index (χ1) is 12.0. The standard InChI is InChI=1S/C20H25N3O2/c1-4-12-23(13-5-2)19-11-8-17(14-21-19)20(25)22-18-9-6-16(7-10-18)15(3)24/h6-11,14H,4-5,12-13H2,1-3H3,(H,22,25). The van der Waals surface area contributed by atoms with Crippen LogP contribution >= 0.6 is 0 Å². The molecule has 0 saturated heterocycles. The summed E-state index contributed by atoms with van der Waals surface area (Å²) in [5, 5.41) is 2.82. The van der Waals surface area contributed by atoms with E-state index < -0.39 is 0 Å². The van der Waals surface area contributed by atoms with Crippen molar-refractivity contribution >= 4 is 23.2 Å². The van der Waals surface area contributed by atoms with E-state index in [1.54, 1.807) is 36.5 Å². The van der Waals surface area contributed by atoms with Crippen molar-refractivity contribution in [2.24, 2.45) is 0 Å². The van der Waals surface area contributed by atoms with Gasteiger partial charge in [-0.1, -0.05) is 13.8 Å². The van der Waals surface area contributed by atoms with Gasteiger partial charge in [0.05, 0.1) is 5.56 Å². The molecule has 0 aliphatic rings. The molecular formula is C20H25N3O2. The smallest absolute Gasteiger partial charge is 0.257 e. The van der Waals surface area contributed by atoms with Gasteiger partial charge in [-0.2, -0.15) is 0 Å². The molecule has 0 fully saturated rings. The Morgan fingerprint density at radius 1 is 0.960 bits per heavy atom. The molecule has 1 aromatic carbocycles. The van der Waals surface area contributed by atoms with Crippen molar-refractivity contribution in [3.05, 3.63) is 53.7 Å². The summed E-state index contributed by atoms with van der Waals surface area (Å²) in [7, 11) is 0. The van der Waals surface area contributed by atoms with E-state index in [1.165, 1.54) is 6.92 Å². The first-order valence-electron chi connectivity index (χ1n) is 8.68. The minimum atomic E-state index is -0.216. The van der Waals surface area contributed by atoms with Gasteiger partial charge in [0.15, 0.2) is 5.78 Å². The van der Waals surface area contributed by atoms with E-state index in [1.807, 2.05) is 6.07 Å². The Morgan fingerprint density at radius 3 is 2.04 bits per heavy atom.